The fourth-order valence-electron chi connectivity index (χ4n) is 2.11. The average Bonchev–Trinajstić information content (AvgIpc) is 2.42. The number of carbonyl (C=O) groups is 1. The molecule has 0 saturated heterocycles. The van der Waals surface area contributed by atoms with Crippen LogP contribution in [0.25, 0.3) is 0 Å². The molecule has 0 atom stereocenters. The first-order chi connectivity index (χ1) is 9.03. The van der Waals surface area contributed by atoms with Crippen LogP contribution in [0.2, 0.25) is 0 Å². The van der Waals surface area contributed by atoms with Crippen molar-refractivity contribution in [1.82, 2.24) is 4.90 Å². The summed E-state index contributed by atoms with van der Waals surface area (Å²) in [6, 6.07) is 4.49. The highest BCUT2D eigenvalue weighted by molar-refractivity contribution is 5.99. The van der Waals surface area contributed by atoms with Crippen molar-refractivity contribution >= 4 is 11.6 Å². The molecule has 0 fully saturated rings. The third-order valence-corrected chi connectivity index (χ3v) is 3.57. The summed E-state index contributed by atoms with van der Waals surface area (Å²) >= 11 is 0. The second-order valence-corrected chi connectivity index (χ2v) is 4.80. The van der Waals surface area contributed by atoms with Gasteiger partial charge in [0.15, 0.2) is 0 Å². The molecule has 0 aliphatic rings. The fourth-order valence-corrected chi connectivity index (χ4v) is 2.11. The Kier molecular flexibility index (Phi) is 5.67. The van der Waals surface area contributed by atoms with Gasteiger partial charge in [-0.15, -0.1) is 0 Å². The first-order valence-corrected chi connectivity index (χ1v) is 6.91. The molecule has 0 radical (unpaired) electrons. The fraction of sp³-hybridized carbons (Fsp3) is 0.533. The minimum Gasteiger partial charge on any atom is -0.508 e. The molecule has 1 aromatic carbocycles. The summed E-state index contributed by atoms with van der Waals surface area (Å²) in [5.74, 6) is 0.460. The first kappa shape index (κ1) is 15.3. The van der Waals surface area contributed by atoms with Gasteiger partial charge in [-0.05, 0) is 31.0 Å². The summed E-state index contributed by atoms with van der Waals surface area (Å²) in [6.07, 6.45) is 2.10. The minimum absolute atomic E-state index is 0.0659. The molecule has 0 saturated carbocycles. The van der Waals surface area contributed by atoms with Crippen LogP contribution in [0.5, 0.6) is 5.75 Å². The summed E-state index contributed by atoms with van der Waals surface area (Å²) in [6.45, 7) is 7.60. The summed E-state index contributed by atoms with van der Waals surface area (Å²) < 4.78 is 0. The second-order valence-electron chi connectivity index (χ2n) is 4.80. The lowest BCUT2D eigenvalue weighted by atomic mass is 10.0. The highest BCUT2D eigenvalue weighted by Gasteiger charge is 2.19. The molecule has 1 rings (SSSR count). The number of benzene rings is 1. The molecular formula is C15H24N2O2. The van der Waals surface area contributed by atoms with Gasteiger partial charge in [0.2, 0.25) is 0 Å². The zero-order chi connectivity index (χ0) is 14.4. The summed E-state index contributed by atoms with van der Waals surface area (Å²) in [7, 11) is 0. The third kappa shape index (κ3) is 3.88. The Bertz CT molecular complexity index is 428. The third-order valence-electron chi connectivity index (χ3n) is 3.57. The predicted octanol–water partition coefficient (Wildman–Crippen LogP) is 2.87. The number of rotatable bonds is 6. The van der Waals surface area contributed by atoms with E-state index in [-0.39, 0.29) is 11.7 Å². The van der Waals surface area contributed by atoms with Crippen molar-refractivity contribution in [3.63, 3.8) is 0 Å². The molecule has 0 heterocycles. The van der Waals surface area contributed by atoms with Crippen LogP contribution in [-0.2, 0) is 0 Å². The SMILES string of the molecule is CCC(CC)CN(CC)C(=O)c1cc(O)ccc1N. The maximum absolute atomic E-state index is 12.5. The van der Waals surface area contributed by atoms with Crippen LogP contribution >= 0.6 is 0 Å². The molecule has 1 aromatic rings. The van der Waals surface area contributed by atoms with Gasteiger partial charge in [-0.1, -0.05) is 26.7 Å². The van der Waals surface area contributed by atoms with Crippen LogP contribution in [0, 0.1) is 5.92 Å². The largest absolute Gasteiger partial charge is 0.508 e. The average molecular weight is 264 g/mol. The van der Waals surface area contributed by atoms with E-state index in [0.29, 0.717) is 23.7 Å². The smallest absolute Gasteiger partial charge is 0.256 e. The van der Waals surface area contributed by atoms with Gasteiger partial charge in [0.05, 0.1) is 5.56 Å². The normalized spacial score (nSPS) is 10.7. The molecule has 0 aliphatic heterocycles. The van der Waals surface area contributed by atoms with E-state index in [1.165, 1.54) is 12.1 Å². The molecule has 106 valence electrons. The Balaban J connectivity index is 2.92. The number of phenols is 1. The monoisotopic (exact) mass is 264 g/mol. The zero-order valence-corrected chi connectivity index (χ0v) is 12.0. The van der Waals surface area contributed by atoms with E-state index in [4.69, 9.17) is 5.73 Å². The number of nitrogen functional groups attached to an aromatic ring is 1. The summed E-state index contributed by atoms with van der Waals surface area (Å²) in [5, 5.41) is 9.49. The van der Waals surface area contributed by atoms with Crippen molar-refractivity contribution in [1.29, 1.82) is 0 Å². The molecule has 0 aliphatic carbocycles. The number of nitrogens with zero attached hydrogens (tertiary/aromatic N) is 1. The van der Waals surface area contributed by atoms with Gasteiger partial charge in [0.1, 0.15) is 5.75 Å². The standard InChI is InChI=1S/C15H24N2O2/c1-4-11(5-2)10-17(6-3)15(19)13-9-12(18)7-8-14(13)16/h7-9,11,18H,4-6,10,16H2,1-3H3. The number of hydrogen-bond donors (Lipinski definition) is 2. The maximum Gasteiger partial charge on any atom is 0.256 e. The van der Waals surface area contributed by atoms with Gasteiger partial charge in [0.25, 0.3) is 5.91 Å². The lowest BCUT2D eigenvalue weighted by molar-refractivity contribution is 0.0735. The predicted molar refractivity (Wildman–Crippen MR) is 78.2 cm³/mol. The van der Waals surface area contributed by atoms with E-state index in [9.17, 15) is 9.90 Å². The lowest BCUT2D eigenvalue weighted by Gasteiger charge is -2.26. The lowest BCUT2D eigenvalue weighted by Crippen LogP contribution is -2.35. The highest BCUT2D eigenvalue weighted by atomic mass is 16.3. The summed E-state index contributed by atoms with van der Waals surface area (Å²) in [4.78, 5) is 14.2. The van der Waals surface area contributed by atoms with Crippen molar-refractivity contribution in [3.05, 3.63) is 23.8 Å². The zero-order valence-electron chi connectivity index (χ0n) is 12.0. The molecule has 0 bridgehead atoms. The van der Waals surface area contributed by atoms with Gasteiger partial charge in [-0.2, -0.15) is 0 Å². The van der Waals surface area contributed by atoms with Crippen LogP contribution in [0.15, 0.2) is 18.2 Å². The second kappa shape index (κ2) is 7.02. The Morgan fingerprint density at radius 2 is 1.95 bits per heavy atom. The van der Waals surface area contributed by atoms with Crippen LogP contribution in [0.4, 0.5) is 5.69 Å². The van der Waals surface area contributed by atoms with Gasteiger partial charge in [0, 0.05) is 18.8 Å². The Morgan fingerprint density at radius 1 is 1.32 bits per heavy atom. The van der Waals surface area contributed by atoms with E-state index >= 15 is 0 Å². The first-order valence-electron chi connectivity index (χ1n) is 6.91. The molecular weight excluding hydrogens is 240 g/mol. The van der Waals surface area contributed by atoms with Gasteiger partial charge < -0.3 is 15.7 Å². The van der Waals surface area contributed by atoms with Crippen molar-refractivity contribution in [2.45, 2.75) is 33.6 Å². The molecule has 3 N–H and O–H groups in total. The number of carbonyl (C=O) groups excluding carboxylic acids is 1. The van der Waals surface area contributed by atoms with Gasteiger partial charge >= 0.3 is 0 Å². The van der Waals surface area contributed by atoms with E-state index in [2.05, 4.69) is 13.8 Å². The van der Waals surface area contributed by atoms with E-state index < -0.39 is 0 Å². The van der Waals surface area contributed by atoms with Crippen LogP contribution in [0.3, 0.4) is 0 Å². The Labute approximate surface area is 115 Å². The van der Waals surface area contributed by atoms with Crippen molar-refractivity contribution < 1.29 is 9.90 Å². The summed E-state index contributed by atoms with van der Waals surface area (Å²) in [5.41, 5.74) is 6.61. The number of amides is 1. The molecule has 1 amide bonds. The number of aromatic hydroxyl groups is 1. The number of phenolic OH excluding ortho intramolecular Hbond substituents is 1. The number of anilines is 1. The van der Waals surface area contributed by atoms with Crippen LogP contribution < -0.4 is 5.73 Å². The Hall–Kier alpha value is -1.71. The van der Waals surface area contributed by atoms with Crippen molar-refractivity contribution in [2.24, 2.45) is 5.92 Å². The van der Waals surface area contributed by atoms with Crippen LogP contribution in [-0.4, -0.2) is 29.0 Å². The number of hydrogen-bond acceptors (Lipinski definition) is 3. The topological polar surface area (TPSA) is 66.6 Å². The highest BCUT2D eigenvalue weighted by Crippen LogP contribution is 2.21. The Morgan fingerprint density at radius 3 is 2.47 bits per heavy atom. The van der Waals surface area contributed by atoms with Crippen LogP contribution in [0.1, 0.15) is 44.0 Å². The van der Waals surface area contributed by atoms with E-state index in [0.717, 1.165) is 19.4 Å². The molecule has 4 heteroatoms. The molecule has 0 spiro atoms. The van der Waals surface area contributed by atoms with Crippen molar-refractivity contribution in [3.8, 4) is 5.75 Å². The molecule has 0 aromatic heterocycles. The van der Waals surface area contributed by atoms with Gasteiger partial charge in [-0.3, -0.25) is 4.79 Å². The van der Waals surface area contributed by atoms with Gasteiger partial charge in [-0.25, -0.2) is 0 Å². The molecule has 0 unspecified atom stereocenters. The molecule has 4 nitrogen and oxygen atoms in total. The van der Waals surface area contributed by atoms with E-state index in [1.807, 2.05) is 6.92 Å². The van der Waals surface area contributed by atoms with Crippen molar-refractivity contribution in [2.75, 3.05) is 18.8 Å². The van der Waals surface area contributed by atoms with E-state index in [1.54, 1.807) is 11.0 Å². The maximum atomic E-state index is 12.5. The quantitative estimate of drug-likeness (QED) is 0.613. The minimum atomic E-state index is -0.109. The molecule has 19 heavy (non-hydrogen) atoms. The number of nitrogens with two attached hydrogens (primary N) is 1.